The van der Waals surface area contributed by atoms with Crippen LogP contribution < -0.4 is 5.32 Å². The minimum atomic E-state index is -0.176. The molecular weight excluding hydrogens is 322 g/mol. The number of nitrogens with zero attached hydrogens (tertiary/aromatic N) is 4. The Morgan fingerprint density at radius 2 is 1.96 bits per heavy atom. The first-order chi connectivity index (χ1) is 12.2. The second-order valence-corrected chi connectivity index (χ2v) is 5.76. The molecule has 0 bridgehead atoms. The number of carbonyl (C=O) groups is 1. The third kappa shape index (κ3) is 3.29. The van der Waals surface area contributed by atoms with Gasteiger partial charge in [-0.05, 0) is 12.1 Å². The zero-order valence-electron chi connectivity index (χ0n) is 13.7. The third-order valence-electron chi connectivity index (χ3n) is 4.01. The van der Waals surface area contributed by atoms with Crippen LogP contribution in [0, 0.1) is 6.92 Å². The van der Waals surface area contributed by atoms with E-state index in [2.05, 4.69) is 20.3 Å². The molecule has 8 heteroatoms. The molecule has 25 heavy (non-hydrogen) atoms. The first-order valence-corrected chi connectivity index (χ1v) is 8.01. The second-order valence-electron chi connectivity index (χ2n) is 5.76. The van der Waals surface area contributed by atoms with Crippen molar-refractivity contribution < 1.29 is 13.9 Å². The van der Waals surface area contributed by atoms with Gasteiger partial charge in [0.1, 0.15) is 5.82 Å². The average Bonchev–Trinajstić information content (AvgIpc) is 3.08. The predicted octanol–water partition coefficient (Wildman–Crippen LogP) is 2.46. The Morgan fingerprint density at radius 1 is 1.12 bits per heavy atom. The number of aromatic nitrogens is 3. The maximum atomic E-state index is 12.3. The Morgan fingerprint density at radius 3 is 2.72 bits per heavy atom. The molecule has 1 aliphatic rings. The number of oxazole rings is 1. The van der Waals surface area contributed by atoms with E-state index in [1.807, 2.05) is 6.07 Å². The van der Waals surface area contributed by atoms with Gasteiger partial charge in [0.25, 0.3) is 0 Å². The van der Waals surface area contributed by atoms with Crippen molar-refractivity contribution in [1.29, 1.82) is 0 Å². The summed E-state index contributed by atoms with van der Waals surface area (Å²) >= 11 is 0. The first-order valence-electron chi connectivity index (χ1n) is 8.01. The van der Waals surface area contributed by atoms with Crippen LogP contribution in [0.2, 0.25) is 0 Å². The molecule has 1 N–H and O–H groups in total. The van der Waals surface area contributed by atoms with E-state index >= 15 is 0 Å². The highest BCUT2D eigenvalue weighted by atomic mass is 16.5. The lowest BCUT2D eigenvalue weighted by molar-refractivity contribution is 0.0564. The summed E-state index contributed by atoms with van der Waals surface area (Å²) in [7, 11) is 0. The van der Waals surface area contributed by atoms with Crippen molar-refractivity contribution in [2.75, 3.05) is 31.6 Å². The molecule has 0 aliphatic carbocycles. The van der Waals surface area contributed by atoms with Gasteiger partial charge < -0.3 is 14.1 Å². The van der Waals surface area contributed by atoms with Gasteiger partial charge in [0.05, 0.1) is 31.1 Å². The number of carbonyl (C=O) groups excluding carboxylic acids is 1. The van der Waals surface area contributed by atoms with Crippen molar-refractivity contribution in [2.24, 2.45) is 0 Å². The van der Waals surface area contributed by atoms with Crippen molar-refractivity contribution in [3.8, 4) is 11.3 Å². The van der Waals surface area contributed by atoms with Gasteiger partial charge in [0.2, 0.25) is 0 Å². The Kier molecular flexibility index (Phi) is 4.02. The van der Waals surface area contributed by atoms with Crippen LogP contribution in [0.4, 0.5) is 10.6 Å². The Bertz CT molecular complexity index is 918. The monoisotopic (exact) mass is 339 g/mol. The number of rotatable bonds is 2. The summed E-state index contributed by atoms with van der Waals surface area (Å²) in [6.07, 6.45) is 5.02. The van der Waals surface area contributed by atoms with E-state index in [-0.39, 0.29) is 6.03 Å². The van der Waals surface area contributed by atoms with Crippen molar-refractivity contribution in [1.82, 2.24) is 19.9 Å². The highest BCUT2D eigenvalue weighted by Crippen LogP contribution is 2.24. The molecule has 0 aromatic carbocycles. The molecule has 3 aromatic rings. The van der Waals surface area contributed by atoms with E-state index < -0.39 is 0 Å². The quantitative estimate of drug-likeness (QED) is 0.771. The molecule has 1 saturated heterocycles. The normalized spacial score (nSPS) is 14.7. The molecule has 1 aliphatic heterocycles. The van der Waals surface area contributed by atoms with Crippen LogP contribution in [0.15, 0.2) is 35.1 Å². The van der Waals surface area contributed by atoms with Gasteiger partial charge in [0.15, 0.2) is 11.7 Å². The Labute approximate surface area is 143 Å². The number of aryl methyl sites for hydroxylation is 1. The summed E-state index contributed by atoms with van der Waals surface area (Å²) in [6, 6.07) is 3.56. The molecule has 0 saturated carbocycles. The highest BCUT2D eigenvalue weighted by Gasteiger charge is 2.17. The van der Waals surface area contributed by atoms with Gasteiger partial charge in [-0.15, -0.1) is 0 Å². The zero-order chi connectivity index (χ0) is 17.2. The van der Waals surface area contributed by atoms with Crippen LogP contribution in [-0.2, 0) is 4.74 Å². The van der Waals surface area contributed by atoms with Crippen LogP contribution in [0.25, 0.3) is 22.2 Å². The van der Waals surface area contributed by atoms with Crippen molar-refractivity contribution in [3.05, 3.63) is 36.6 Å². The summed E-state index contributed by atoms with van der Waals surface area (Å²) in [4.78, 5) is 26.7. The number of ether oxygens (including phenoxy) is 1. The van der Waals surface area contributed by atoms with E-state index in [0.717, 1.165) is 16.5 Å². The smallest absolute Gasteiger partial charge is 0.323 e. The number of hydrogen-bond acceptors (Lipinski definition) is 6. The first kappa shape index (κ1) is 15.5. The number of pyridine rings is 2. The standard InChI is InChI=1S/C17H17N5O3/c1-11-18-10-15(25-11)13-6-12-7-16(20-9-14(12)19-8-13)21-17(23)22-2-4-24-5-3-22/h6-10H,2-5H2,1H3,(H,20,21,23). The Balaban J connectivity index is 1.59. The van der Waals surface area contributed by atoms with Crippen molar-refractivity contribution >= 4 is 22.8 Å². The lowest BCUT2D eigenvalue weighted by atomic mass is 10.1. The highest BCUT2D eigenvalue weighted by molar-refractivity contribution is 5.91. The molecule has 1 fully saturated rings. The molecule has 128 valence electrons. The number of morpholine rings is 1. The minimum Gasteiger partial charge on any atom is -0.441 e. The maximum Gasteiger partial charge on any atom is 0.323 e. The van der Waals surface area contributed by atoms with Crippen LogP contribution in [-0.4, -0.2) is 52.2 Å². The van der Waals surface area contributed by atoms with Crippen LogP contribution >= 0.6 is 0 Å². The maximum absolute atomic E-state index is 12.3. The van der Waals surface area contributed by atoms with Crippen molar-refractivity contribution in [3.63, 3.8) is 0 Å². The molecular formula is C17H17N5O3. The molecule has 4 heterocycles. The Hall–Kier alpha value is -3.00. The van der Waals surface area contributed by atoms with Crippen LogP contribution in [0.5, 0.6) is 0 Å². The van der Waals surface area contributed by atoms with Crippen molar-refractivity contribution in [2.45, 2.75) is 6.92 Å². The fraction of sp³-hybridized carbons (Fsp3) is 0.294. The largest absolute Gasteiger partial charge is 0.441 e. The van der Waals surface area contributed by atoms with Gasteiger partial charge in [0, 0.05) is 37.2 Å². The second kappa shape index (κ2) is 6.48. The van der Waals surface area contributed by atoms with E-state index in [0.29, 0.717) is 43.8 Å². The summed E-state index contributed by atoms with van der Waals surface area (Å²) < 4.78 is 10.8. The molecule has 0 spiro atoms. The van der Waals surface area contributed by atoms with Crippen LogP contribution in [0.1, 0.15) is 5.89 Å². The molecule has 0 atom stereocenters. The fourth-order valence-corrected chi connectivity index (χ4v) is 2.68. The predicted molar refractivity (Wildman–Crippen MR) is 91.2 cm³/mol. The van der Waals surface area contributed by atoms with E-state index in [1.54, 1.807) is 36.5 Å². The number of nitrogens with one attached hydrogen (secondary N) is 1. The lowest BCUT2D eigenvalue weighted by Gasteiger charge is -2.26. The van der Waals surface area contributed by atoms with E-state index in [9.17, 15) is 4.79 Å². The number of urea groups is 1. The van der Waals surface area contributed by atoms with Gasteiger partial charge in [-0.2, -0.15) is 0 Å². The lowest BCUT2D eigenvalue weighted by Crippen LogP contribution is -2.43. The summed E-state index contributed by atoms with van der Waals surface area (Å²) in [5, 5.41) is 3.68. The van der Waals surface area contributed by atoms with Gasteiger partial charge in [-0.25, -0.2) is 14.8 Å². The van der Waals surface area contributed by atoms with Gasteiger partial charge >= 0.3 is 6.03 Å². The van der Waals surface area contributed by atoms with Gasteiger partial charge in [-0.1, -0.05) is 0 Å². The van der Waals surface area contributed by atoms with E-state index in [1.165, 1.54) is 0 Å². The number of anilines is 1. The summed E-state index contributed by atoms with van der Waals surface area (Å²) in [6.45, 7) is 4.07. The molecule has 8 nitrogen and oxygen atoms in total. The number of amides is 2. The SMILES string of the molecule is Cc1ncc(-c2cnc3cnc(NC(=O)N4CCOCC4)cc3c2)o1. The third-order valence-corrected chi connectivity index (χ3v) is 4.01. The van der Waals surface area contributed by atoms with Gasteiger partial charge in [-0.3, -0.25) is 10.3 Å². The topological polar surface area (TPSA) is 93.4 Å². The molecule has 0 unspecified atom stereocenters. The summed E-state index contributed by atoms with van der Waals surface area (Å²) in [5.41, 5.74) is 1.56. The summed E-state index contributed by atoms with van der Waals surface area (Å²) in [5.74, 6) is 1.74. The number of fused-ring (bicyclic) bond motifs is 1. The molecule has 3 aromatic heterocycles. The molecule has 0 radical (unpaired) electrons. The number of hydrogen-bond donors (Lipinski definition) is 1. The molecule has 2 amide bonds. The average molecular weight is 339 g/mol. The fourth-order valence-electron chi connectivity index (χ4n) is 2.68. The van der Waals surface area contributed by atoms with E-state index in [4.69, 9.17) is 9.15 Å². The minimum absolute atomic E-state index is 0.176. The zero-order valence-corrected chi connectivity index (χ0v) is 13.7. The van der Waals surface area contributed by atoms with Crippen LogP contribution in [0.3, 0.4) is 0 Å². The molecule has 4 rings (SSSR count).